The lowest BCUT2D eigenvalue weighted by molar-refractivity contribution is -0.121. The molecule has 0 aliphatic heterocycles. The SMILES string of the molecule is Cc1ccc([C@@H](NC(=O)CCc2c(C)nn(C)c2C)c2ccncc2)cc1. The van der Waals surface area contributed by atoms with Gasteiger partial charge in [0.2, 0.25) is 5.91 Å². The fraction of sp³-hybridized carbons (Fsp3) is 0.318. The molecule has 3 aromatic rings. The summed E-state index contributed by atoms with van der Waals surface area (Å²) in [6, 6.07) is 12.0. The molecule has 5 heteroatoms. The lowest BCUT2D eigenvalue weighted by atomic mass is 9.98. The summed E-state index contributed by atoms with van der Waals surface area (Å²) < 4.78 is 1.87. The molecule has 3 rings (SSSR count). The van der Waals surface area contributed by atoms with Crippen LogP contribution in [0.4, 0.5) is 0 Å². The van der Waals surface area contributed by atoms with Gasteiger partial charge in [-0.25, -0.2) is 0 Å². The van der Waals surface area contributed by atoms with Crippen LogP contribution in [0.2, 0.25) is 0 Å². The smallest absolute Gasteiger partial charge is 0.221 e. The van der Waals surface area contributed by atoms with Crippen LogP contribution in [0.3, 0.4) is 0 Å². The second-order valence-electron chi connectivity index (χ2n) is 6.96. The molecule has 0 spiro atoms. The summed E-state index contributed by atoms with van der Waals surface area (Å²) in [4.78, 5) is 16.8. The number of carbonyl (C=O) groups excluding carboxylic acids is 1. The number of carbonyl (C=O) groups is 1. The van der Waals surface area contributed by atoms with Crippen molar-refractivity contribution < 1.29 is 4.79 Å². The van der Waals surface area contributed by atoms with E-state index < -0.39 is 0 Å². The normalized spacial score (nSPS) is 12.0. The molecule has 1 atom stereocenters. The maximum absolute atomic E-state index is 12.7. The first kappa shape index (κ1) is 18.8. The van der Waals surface area contributed by atoms with Crippen LogP contribution in [0, 0.1) is 20.8 Å². The van der Waals surface area contributed by atoms with Crippen molar-refractivity contribution in [2.45, 2.75) is 39.7 Å². The van der Waals surface area contributed by atoms with Crippen LogP contribution in [-0.4, -0.2) is 20.7 Å². The first-order chi connectivity index (χ1) is 13.0. The van der Waals surface area contributed by atoms with Gasteiger partial charge in [0.15, 0.2) is 0 Å². The van der Waals surface area contributed by atoms with Gasteiger partial charge in [-0.1, -0.05) is 29.8 Å². The van der Waals surface area contributed by atoms with Crippen LogP contribution in [0.25, 0.3) is 0 Å². The van der Waals surface area contributed by atoms with Gasteiger partial charge in [-0.05, 0) is 56.0 Å². The van der Waals surface area contributed by atoms with Gasteiger partial charge in [-0.3, -0.25) is 14.5 Å². The minimum absolute atomic E-state index is 0.0278. The van der Waals surface area contributed by atoms with Crippen molar-refractivity contribution >= 4 is 5.91 Å². The van der Waals surface area contributed by atoms with Crippen molar-refractivity contribution in [3.05, 3.63) is 82.4 Å². The fourth-order valence-corrected chi connectivity index (χ4v) is 3.32. The summed E-state index contributed by atoms with van der Waals surface area (Å²) in [7, 11) is 1.93. The molecule has 0 radical (unpaired) electrons. The zero-order valence-electron chi connectivity index (χ0n) is 16.4. The topological polar surface area (TPSA) is 59.8 Å². The largest absolute Gasteiger partial charge is 0.345 e. The Morgan fingerprint density at radius 2 is 1.67 bits per heavy atom. The number of benzene rings is 1. The third-order valence-corrected chi connectivity index (χ3v) is 5.02. The highest BCUT2D eigenvalue weighted by Crippen LogP contribution is 2.22. The summed E-state index contributed by atoms with van der Waals surface area (Å²) in [5.74, 6) is 0.0278. The number of nitrogens with zero attached hydrogens (tertiary/aromatic N) is 3. The molecule has 1 amide bonds. The number of nitrogens with one attached hydrogen (secondary N) is 1. The molecule has 140 valence electrons. The van der Waals surface area contributed by atoms with Crippen LogP contribution < -0.4 is 5.32 Å². The van der Waals surface area contributed by atoms with Gasteiger partial charge in [0.25, 0.3) is 0 Å². The summed E-state index contributed by atoms with van der Waals surface area (Å²) in [6.07, 6.45) is 4.63. The lowest BCUT2D eigenvalue weighted by Crippen LogP contribution is -2.29. The second-order valence-corrected chi connectivity index (χ2v) is 6.96. The first-order valence-electron chi connectivity index (χ1n) is 9.20. The standard InChI is InChI=1S/C22H26N4O/c1-15-5-7-18(8-6-15)22(19-11-13-23-14-12-19)24-21(27)10-9-20-16(2)25-26(4)17(20)3/h5-8,11-14,22H,9-10H2,1-4H3,(H,24,27)/t22-/m1/s1. The van der Waals surface area contributed by atoms with Crippen LogP contribution in [0.5, 0.6) is 0 Å². The highest BCUT2D eigenvalue weighted by atomic mass is 16.1. The van der Waals surface area contributed by atoms with Crippen LogP contribution in [0.1, 0.15) is 46.1 Å². The van der Waals surface area contributed by atoms with Crippen LogP contribution in [0.15, 0.2) is 48.8 Å². The van der Waals surface area contributed by atoms with Gasteiger partial charge in [0.1, 0.15) is 0 Å². The van der Waals surface area contributed by atoms with E-state index in [0.717, 1.165) is 28.1 Å². The lowest BCUT2D eigenvalue weighted by Gasteiger charge is -2.20. The molecular weight excluding hydrogens is 336 g/mol. The van der Waals surface area contributed by atoms with Gasteiger partial charge in [-0.2, -0.15) is 5.10 Å². The van der Waals surface area contributed by atoms with E-state index in [4.69, 9.17) is 0 Å². The van der Waals surface area contributed by atoms with Gasteiger partial charge in [0, 0.05) is 31.6 Å². The third-order valence-electron chi connectivity index (χ3n) is 5.02. The van der Waals surface area contributed by atoms with Crippen molar-refractivity contribution in [1.82, 2.24) is 20.1 Å². The molecule has 2 heterocycles. The number of aromatic nitrogens is 3. The maximum Gasteiger partial charge on any atom is 0.221 e. The minimum atomic E-state index is -0.183. The number of aryl methyl sites for hydroxylation is 3. The zero-order chi connectivity index (χ0) is 19.4. The van der Waals surface area contributed by atoms with E-state index in [1.165, 1.54) is 5.56 Å². The summed E-state index contributed by atoms with van der Waals surface area (Å²) in [6.45, 7) is 6.09. The molecule has 2 aromatic heterocycles. The van der Waals surface area contributed by atoms with Crippen LogP contribution in [-0.2, 0) is 18.3 Å². The Hall–Kier alpha value is -2.95. The molecule has 0 aliphatic carbocycles. The molecule has 0 saturated carbocycles. The first-order valence-corrected chi connectivity index (χ1v) is 9.20. The quantitative estimate of drug-likeness (QED) is 0.729. The van der Waals surface area contributed by atoms with E-state index in [9.17, 15) is 4.79 Å². The molecule has 0 aliphatic rings. The van der Waals surface area contributed by atoms with Crippen molar-refractivity contribution in [2.24, 2.45) is 7.05 Å². The molecule has 27 heavy (non-hydrogen) atoms. The molecular formula is C22H26N4O. The minimum Gasteiger partial charge on any atom is -0.345 e. The fourth-order valence-electron chi connectivity index (χ4n) is 3.32. The molecule has 1 N–H and O–H groups in total. The number of hydrogen-bond acceptors (Lipinski definition) is 3. The van der Waals surface area contributed by atoms with E-state index in [0.29, 0.717) is 12.8 Å². The Bertz CT molecular complexity index is 913. The van der Waals surface area contributed by atoms with E-state index in [-0.39, 0.29) is 11.9 Å². The van der Waals surface area contributed by atoms with E-state index in [1.54, 1.807) is 12.4 Å². The zero-order valence-corrected chi connectivity index (χ0v) is 16.4. The Morgan fingerprint density at radius 3 is 2.26 bits per heavy atom. The van der Waals surface area contributed by atoms with Gasteiger partial charge < -0.3 is 5.32 Å². The molecule has 0 fully saturated rings. The van der Waals surface area contributed by atoms with Crippen molar-refractivity contribution in [1.29, 1.82) is 0 Å². The maximum atomic E-state index is 12.7. The number of rotatable bonds is 6. The van der Waals surface area contributed by atoms with E-state index >= 15 is 0 Å². The number of amides is 1. The predicted molar refractivity (Wildman–Crippen MR) is 106 cm³/mol. The monoisotopic (exact) mass is 362 g/mol. The predicted octanol–water partition coefficient (Wildman–Crippen LogP) is 3.58. The van der Waals surface area contributed by atoms with Gasteiger partial charge in [-0.15, -0.1) is 0 Å². The number of hydrogen-bond donors (Lipinski definition) is 1. The highest BCUT2D eigenvalue weighted by Gasteiger charge is 2.18. The summed E-state index contributed by atoms with van der Waals surface area (Å²) in [5.41, 5.74) is 6.55. The second kappa shape index (κ2) is 8.16. The number of pyridine rings is 1. The average molecular weight is 362 g/mol. The molecule has 0 bridgehead atoms. The Labute approximate surface area is 160 Å². The molecule has 5 nitrogen and oxygen atoms in total. The van der Waals surface area contributed by atoms with E-state index in [1.807, 2.05) is 37.7 Å². The van der Waals surface area contributed by atoms with Crippen molar-refractivity contribution in [2.75, 3.05) is 0 Å². The Morgan fingerprint density at radius 1 is 1.04 bits per heavy atom. The van der Waals surface area contributed by atoms with Crippen molar-refractivity contribution in [3.8, 4) is 0 Å². The highest BCUT2D eigenvalue weighted by molar-refractivity contribution is 5.77. The molecule has 0 unspecified atom stereocenters. The van der Waals surface area contributed by atoms with Crippen LogP contribution >= 0.6 is 0 Å². The van der Waals surface area contributed by atoms with Gasteiger partial charge in [0.05, 0.1) is 11.7 Å². The Balaban J connectivity index is 1.75. The van der Waals surface area contributed by atoms with Gasteiger partial charge >= 0.3 is 0 Å². The van der Waals surface area contributed by atoms with E-state index in [2.05, 4.69) is 46.6 Å². The molecule has 1 aromatic carbocycles. The Kier molecular flexibility index (Phi) is 5.69. The van der Waals surface area contributed by atoms with Crippen molar-refractivity contribution in [3.63, 3.8) is 0 Å². The average Bonchev–Trinajstić information content (AvgIpc) is 2.91. The summed E-state index contributed by atoms with van der Waals surface area (Å²) in [5, 5.41) is 7.62. The third kappa shape index (κ3) is 4.42. The summed E-state index contributed by atoms with van der Waals surface area (Å²) >= 11 is 0. The molecule has 0 saturated heterocycles.